The van der Waals surface area contributed by atoms with Crippen LogP contribution in [-0.2, 0) is 21.4 Å². The lowest BCUT2D eigenvalue weighted by atomic mass is 10.0. The quantitative estimate of drug-likeness (QED) is 0.349. The third kappa shape index (κ3) is 5.12. The number of nitrogens with one attached hydrogen (secondary N) is 1. The average molecular weight is 553 g/mol. The van der Waals surface area contributed by atoms with Gasteiger partial charge >= 0.3 is 6.18 Å². The highest BCUT2D eigenvalue weighted by Gasteiger charge is 2.47. The summed E-state index contributed by atoms with van der Waals surface area (Å²) in [7, 11) is -3.69. The zero-order valence-corrected chi connectivity index (χ0v) is 20.3. The first-order valence-corrected chi connectivity index (χ1v) is 12.6. The molecule has 0 spiro atoms. The van der Waals surface area contributed by atoms with Crippen molar-refractivity contribution in [2.75, 3.05) is 11.6 Å². The summed E-state index contributed by atoms with van der Waals surface area (Å²) in [4.78, 5) is 16.4. The molecular weight excluding hydrogens is 537 g/mol. The van der Waals surface area contributed by atoms with Crippen LogP contribution in [0.5, 0.6) is 11.6 Å². The number of amides is 1. The Kier molecular flexibility index (Phi) is 6.56. The SMILES string of the molecule is Cc1c(C(F)(F)F)nnc(Oc2c(F)cc(C3(C#N)CC3)nc2F)c1C(=O)Nc1cccc(S(C)(=O)=O)c1. The zero-order chi connectivity index (χ0) is 28.0. The molecule has 1 amide bonds. The van der Waals surface area contributed by atoms with Crippen molar-refractivity contribution in [3.8, 4) is 17.7 Å². The lowest BCUT2D eigenvalue weighted by Gasteiger charge is -2.17. The van der Waals surface area contributed by atoms with E-state index in [4.69, 9.17) is 4.74 Å². The number of nitrogens with zero attached hydrogens (tertiary/aromatic N) is 4. The minimum absolute atomic E-state index is 0.108. The van der Waals surface area contributed by atoms with E-state index in [1.54, 1.807) is 0 Å². The zero-order valence-electron chi connectivity index (χ0n) is 19.5. The fraction of sp³-hybridized carbons (Fsp3) is 0.261. The number of pyridine rings is 1. The topological polar surface area (TPSA) is 135 Å². The van der Waals surface area contributed by atoms with E-state index < -0.39 is 67.6 Å². The molecule has 0 unspecified atom stereocenters. The van der Waals surface area contributed by atoms with Gasteiger partial charge in [-0.15, -0.1) is 10.2 Å². The number of carbonyl (C=O) groups excluding carboxylic acids is 1. The third-order valence-electron chi connectivity index (χ3n) is 5.74. The van der Waals surface area contributed by atoms with Crippen LogP contribution in [0.15, 0.2) is 35.2 Å². The number of hydrogen-bond acceptors (Lipinski definition) is 8. The molecular formula is C23H16F5N5O4S. The normalized spacial score (nSPS) is 14.5. The first kappa shape index (κ1) is 26.9. The molecule has 0 bridgehead atoms. The molecule has 1 aromatic carbocycles. The maximum absolute atomic E-state index is 14.8. The van der Waals surface area contributed by atoms with Gasteiger partial charge in [0.1, 0.15) is 5.56 Å². The van der Waals surface area contributed by atoms with Crippen molar-refractivity contribution >= 4 is 21.4 Å². The molecule has 1 aliphatic rings. The van der Waals surface area contributed by atoms with E-state index in [-0.39, 0.29) is 16.3 Å². The van der Waals surface area contributed by atoms with E-state index in [2.05, 4.69) is 20.5 Å². The van der Waals surface area contributed by atoms with Gasteiger partial charge in [0.05, 0.1) is 22.1 Å². The predicted octanol–water partition coefficient (Wildman–Crippen LogP) is 4.48. The number of benzene rings is 1. The molecule has 0 radical (unpaired) electrons. The first-order valence-electron chi connectivity index (χ1n) is 10.7. The highest BCUT2D eigenvalue weighted by Crippen LogP contribution is 2.47. The maximum Gasteiger partial charge on any atom is 0.435 e. The van der Waals surface area contributed by atoms with Gasteiger partial charge in [0.25, 0.3) is 17.7 Å². The second-order valence-corrected chi connectivity index (χ2v) is 10.5. The van der Waals surface area contributed by atoms with Crippen LogP contribution in [-0.4, -0.2) is 35.8 Å². The molecule has 15 heteroatoms. The minimum Gasteiger partial charge on any atom is -0.429 e. The minimum atomic E-state index is -5.05. The van der Waals surface area contributed by atoms with Crippen LogP contribution in [0.3, 0.4) is 0 Å². The number of hydrogen-bond donors (Lipinski definition) is 1. The van der Waals surface area contributed by atoms with Crippen LogP contribution >= 0.6 is 0 Å². The van der Waals surface area contributed by atoms with Crippen LogP contribution in [0, 0.1) is 30.0 Å². The van der Waals surface area contributed by atoms with E-state index in [1.807, 2.05) is 6.07 Å². The Hall–Kier alpha value is -4.19. The van der Waals surface area contributed by atoms with Crippen molar-refractivity contribution in [1.82, 2.24) is 15.2 Å². The number of alkyl halides is 3. The monoisotopic (exact) mass is 553 g/mol. The van der Waals surface area contributed by atoms with Crippen LogP contribution in [0.2, 0.25) is 0 Å². The molecule has 0 aliphatic heterocycles. The Morgan fingerprint density at radius 3 is 2.42 bits per heavy atom. The summed E-state index contributed by atoms with van der Waals surface area (Å²) < 4.78 is 98.7. The average Bonchev–Trinajstić information content (AvgIpc) is 3.61. The van der Waals surface area contributed by atoms with Crippen LogP contribution in [0.25, 0.3) is 0 Å². The van der Waals surface area contributed by atoms with Gasteiger partial charge in [0.2, 0.25) is 5.75 Å². The van der Waals surface area contributed by atoms with E-state index in [9.17, 15) is 40.4 Å². The number of nitriles is 1. The molecule has 4 rings (SSSR count). The van der Waals surface area contributed by atoms with Crippen LogP contribution in [0.1, 0.15) is 40.2 Å². The number of carbonyl (C=O) groups is 1. The van der Waals surface area contributed by atoms with Crippen molar-refractivity contribution in [2.24, 2.45) is 0 Å². The predicted molar refractivity (Wildman–Crippen MR) is 120 cm³/mol. The molecule has 1 N–H and O–H groups in total. The number of ether oxygens (including phenoxy) is 1. The Balaban J connectivity index is 1.77. The summed E-state index contributed by atoms with van der Waals surface area (Å²) in [5.74, 6) is -6.26. The molecule has 1 saturated carbocycles. The lowest BCUT2D eigenvalue weighted by Crippen LogP contribution is -2.21. The number of rotatable bonds is 6. The lowest BCUT2D eigenvalue weighted by molar-refractivity contribution is -0.142. The highest BCUT2D eigenvalue weighted by atomic mass is 32.2. The maximum atomic E-state index is 14.8. The third-order valence-corrected chi connectivity index (χ3v) is 6.85. The largest absolute Gasteiger partial charge is 0.435 e. The first-order chi connectivity index (χ1) is 17.7. The van der Waals surface area contributed by atoms with E-state index in [0.29, 0.717) is 12.8 Å². The Morgan fingerprint density at radius 1 is 1.18 bits per heavy atom. The van der Waals surface area contributed by atoms with Crippen molar-refractivity contribution in [3.05, 3.63) is 64.6 Å². The van der Waals surface area contributed by atoms with Crippen molar-refractivity contribution < 1.29 is 39.9 Å². The van der Waals surface area contributed by atoms with E-state index in [1.165, 1.54) is 18.2 Å². The van der Waals surface area contributed by atoms with E-state index in [0.717, 1.165) is 25.3 Å². The molecule has 2 heterocycles. The number of halogens is 5. The summed E-state index contributed by atoms with van der Waals surface area (Å²) in [6, 6.07) is 7.54. The fourth-order valence-corrected chi connectivity index (χ4v) is 4.23. The summed E-state index contributed by atoms with van der Waals surface area (Å²) in [6.07, 6.45) is -3.46. The molecule has 0 saturated heterocycles. The summed E-state index contributed by atoms with van der Waals surface area (Å²) in [5, 5.41) is 17.7. The number of anilines is 1. The van der Waals surface area contributed by atoms with Crippen LogP contribution in [0.4, 0.5) is 27.6 Å². The number of aromatic nitrogens is 3. The molecule has 1 aliphatic carbocycles. The molecule has 2 aromatic heterocycles. The Morgan fingerprint density at radius 2 is 1.87 bits per heavy atom. The van der Waals surface area contributed by atoms with Crippen LogP contribution < -0.4 is 10.1 Å². The standard InChI is InChI=1S/C23H16F5N5O4S/c1-11-16(20(34)30-12-4-3-5-13(8-12)38(2,35)36)21(33-32-18(11)23(26,27)28)37-17-14(24)9-15(31-19(17)25)22(10-29)6-7-22/h3-5,8-9H,6-7H2,1-2H3,(H,30,34). The van der Waals surface area contributed by atoms with Crippen molar-refractivity contribution in [2.45, 2.75) is 36.3 Å². The molecule has 9 nitrogen and oxygen atoms in total. The molecule has 198 valence electrons. The van der Waals surface area contributed by atoms with Gasteiger partial charge in [-0.05, 0) is 43.5 Å². The Labute approximate surface area is 212 Å². The highest BCUT2D eigenvalue weighted by molar-refractivity contribution is 7.90. The molecule has 0 atom stereocenters. The van der Waals surface area contributed by atoms with Crippen molar-refractivity contribution in [3.63, 3.8) is 0 Å². The summed E-state index contributed by atoms with van der Waals surface area (Å²) in [6.45, 7) is 0.879. The van der Waals surface area contributed by atoms with Gasteiger partial charge in [0, 0.05) is 18.0 Å². The van der Waals surface area contributed by atoms with Gasteiger partial charge < -0.3 is 10.1 Å². The molecule has 38 heavy (non-hydrogen) atoms. The van der Waals surface area contributed by atoms with Gasteiger partial charge in [0.15, 0.2) is 21.3 Å². The Bertz CT molecular complexity index is 1590. The smallest absolute Gasteiger partial charge is 0.429 e. The van der Waals surface area contributed by atoms with Gasteiger partial charge in [-0.3, -0.25) is 4.79 Å². The second-order valence-electron chi connectivity index (χ2n) is 8.51. The van der Waals surface area contributed by atoms with Gasteiger partial charge in [-0.2, -0.15) is 22.8 Å². The molecule has 3 aromatic rings. The van der Waals surface area contributed by atoms with Gasteiger partial charge in [-0.1, -0.05) is 6.07 Å². The number of sulfone groups is 1. The van der Waals surface area contributed by atoms with Gasteiger partial charge in [-0.25, -0.2) is 17.8 Å². The summed E-state index contributed by atoms with van der Waals surface area (Å²) in [5.41, 5.74) is -4.62. The summed E-state index contributed by atoms with van der Waals surface area (Å²) >= 11 is 0. The fourth-order valence-electron chi connectivity index (χ4n) is 3.56. The van der Waals surface area contributed by atoms with Crippen molar-refractivity contribution in [1.29, 1.82) is 5.26 Å². The second kappa shape index (κ2) is 9.28. The van der Waals surface area contributed by atoms with E-state index >= 15 is 0 Å². The molecule has 1 fully saturated rings.